The van der Waals surface area contributed by atoms with Crippen LogP contribution in [0.1, 0.15) is 58.4 Å². The Labute approximate surface area is 196 Å². The molecule has 0 radical (unpaired) electrons. The molecule has 0 fully saturated rings. The van der Waals surface area contributed by atoms with Gasteiger partial charge in [-0.25, -0.2) is 5.01 Å². The molecule has 2 bridgehead atoms. The quantitative estimate of drug-likeness (QED) is 0.599. The molecule has 6 heteroatoms. The molecule has 0 aromatic heterocycles. The van der Waals surface area contributed by atoms with E-state index in [0.29, 0.717) is 6.54 Å². The molecule has 6 nitrogen and oxygen atoms in total. The first kappa shape index (κ1) is 21.6. The highest BCUT2D eigenvalue weighted by molar-refractivity contribution is 6.06. The topological polar surface area (TPSA) is 49.7 Å². The number of aryl methyl sites for hydroxylation is 6. The molecule has 0 aliphatic carbocycles. The predicted molar refractivity (Wildman–Crippen MR) is 131 cm³/mol. The Kier molecular flexibility index (Phi) is 4.82. The van der Waals surface area contributed by atoms with E-state index in [4.69, 9.17) is 9.68 Å². The summed E-state index contributed by atoms with van der Waals surface area (Å²) in [6.45, 7) is 17.5. The Hall–Kier alpha value is -3.28. The van der Waals surface area contributed by atoms with Crippen LogP contribution in [0.4, 0.5) is 0 Å². The van der Waals surface area contributed by atoms with Crippen molar-refractivity contribution in [2.45, 2.75) is 67.2 Å². The molecule has 2 aromatic rings. The molecule has 5 rings (SSSR count). The van der Waals surface area contributed by atoms with Gasteiger partial charge in [0.15, 0.2) is 17.8 Å². The van der Waals surface area contributed by atoms with Gasteiger partial charge in [-0.05, 0) is 82.4 Å². The number of hydrazine groups is 1. The van der Waals surface area contributed by atoms with Crippen molar-refractivity contribution in [2.24, 2.45) is 10.3 Å². The van der Waals surface area contributed by atoms with E-state index in [0.717, 1.165) is 28.4 Å². The maximum atomic E-state index is 6.16. The van der Waals surface area contributed by atoms with Gasteiger partial charge in [0.05, 0.1) is 6.54 Å². The first-order valence-electron chi connectivity index (χ1n) is 11.5. The first-order valence-corrected chi connectivity index (χ1v) is 11.5. The van der Waals surface area contributed by atoms with Crippen LogP contribution in [0.25, 0.3) is 0 Å². The second-order valence-electron chi connectivity index (χ2n) is 9.90. The molecular weight excluding hydrogens is 412 g/mol. The van der Waals surface area contributed by atoms with Crippen molar-refractivity contribution < 1.29 is 9.68 Å². The van der Waals surface area contributed by atoms with Crippen molar-refractivity contribution in [2.75, 3.05) is 6.54 Å². The molecule has 3 aliphatic rings. The lowest BCUT2D eigenvalue weighted by Crippen LogP contribution is -2.59. The molecule has 33 heavy (non-hydrogen) atoms. The first-order chi connectivity index (χ1) is 15.6. The van der Waals surface area contributed by atoms with Crippen molar-refractivity contribution in [3.8, 4) is 0 Å². The number of rotatable bonds is 2. The summed E-state index contributed by atoms with van der Waals surface area (Å²) in [5, 5.41) is 13.7. The molecule has 0 saturated heterocycles. The van der Waals surface area contributed by atoms with Crippen molar-refractivity contribution in [3.63, 3.8) is 0 Å². The molecule has 2 aromatic carbocycles. The zero-order valence-electron chi connectivity index (χ0n) is 20.8. The van der Waals surface area contributed by atoms with Gasteiger partial charge in [-0.15, -0.1) is 0 Å². The van der Waals surface area contributed by atoms with Gasteiger partial charge in [0.25, 0.3) is 0 Å². The molecular formula is C27H32N4O2. The van der Waals surface area contributed by atoms with E-state index < -0.39 is 5.72 Å². The van der Waals surface area contributed by atoms with Crippen molar-refractivity contribution in [1.29, 1.82) is 0 Å². The average Bonchev–Trinajstić information content (AvgIpc) is 2.99. The average molecular weight is 445 g/mol. The highest BCUT2D eigenvalue weighted by Crippen LogP contribution is 2.39. The number of hydrogen-bond donors (Lipinski definition) is 0. The van der Waals surface area contributed by atoms with Gasteiger partial charge in [0, 0.05) is 18.1 Å². The van der Waals surface area contributed by atoms with E-state index in [1.807, 2.05) is 0 Å². The third kappa shape index (κ3) is 3.31. The van der Waals surface area contributed by atoms with E-state index in [1.165, 1.54) is 33.4 Å². The van der Waals surface area contributed by atoms with Gasteiger partial charge in [0.1, 0.15) is 0 Å². The summed E-state index contributed by atoms with van der Waals surface area (Å²) in [7, 11) is 0. The summed E-state index contributed by atoms with van der Waals surface area (Å²) in [6.07, 6.45) is 1.97. The lowest BCUT2D eigenvalue weighted by atomic mass is 9.97. The van der Waals surface area contributed by atoms with Crippen molar-refractivity contribution in [3.05, 3.63) is 80.4 Å². The van der Waals surface area contributed by atoms with Gasteiger partial charge in [-0.2, -0.15) is 0 Å². The number of hydrogen-bond acceptors (Lipinski definition) is 6. The SMILES string of the molecule is CC1=C[C@]2(C)ON=C(c3c(C)cc(C)cc3C)N2N2C[C@H]1ON=C2c1c(C)cc(C)cc1C. The fourth-order valence-corrected chi connectivity index (χ4v) is 5.61. The fraction of sp³-hybridized carbons (Fsp3) is 0.407. The zero-order chi connectivity index (χ0) is 23.7. The molecule has 3 aliphatic heterocycles. The Morgan fingerprint density at radius 3 is 1.85 bits per heavy atom. The third-order valence-electron chi connectivity index (χ3n) is 6.83. The molecule has 0 unspecified atom stereocenters. The minimum Gasteiger partial charge on any atom is -0.384 e. The maximum Gasteiger partial charge on any atom is 0.245 e. The van der Waals surface area contributed by atoms with E-state index >= 15 is 0 Å². The van der Waals surface area contributed by atoms with Crippen LogP contribution in [0.15, 0.2) is 46.2 Å². The largest absolute Gasteiger partial charge is 0.384 e. The molecule has 0 N–H and O–H groups in total. The monoisotopic (exact) mass is 444 g/mol. The number of fused-ring (bicyclic) bond motifs is 4. The van der Waals surface area contributed by atoms with Crippen LogP contribution >= 0.6 is 0 Å². The summed E-state index contributed by atoms with van der Waals surface area (Å²) in [5.41, 5.74) is 9.65. The van der Waals surface area contributed by atoms with Crippen LogP contribution < -0.4 is 0 Å². The smallest absolute Gasteiger partial charge is 0.245 e. The fourth-order valence-electron chi connectivity index (χ4n) is 5.61. The minimum absolute atomic E-state index is 0.146. The summed E-state index contributed by atoms with van der Waals surface area (Å²) in [4.78, 5) is 12.2. The second-order valence-corrected chi connectivity index (χ2v) is 9.90. The Bertz CT molecular complexity index is 1210. The van der Waals surface area contributed by atoms with Gasteiger partial charge < -0.3 is 9.68 Å². The van der Waals surface area contributed by atoms with Crippen LogP contribution in [0.5, 0.6) is 0 Å². The van der Waals surface area contributed by atoms with E-state index in [1.54, 1.807) is 0 Å². The lowest BCUT2D eigenvalue weighted by Gasteiger charge is -2.43. The van der Waals surface area contributed by atoms with Gasteiger partial charge in [-0.1, -0.05) is 45.7 Å². The van der Waals surface area contributed by atoms with Crippen LogP contribution in [0.2, 0.25) is 0 Å². The van der Waals surface area contributed by atoms with Crippen molar-refractivity contribution in [1.82, 2.24) is 10.0 Å². The summed E-state index contributed by atoms with van der Waals surface area (Å²) < 4.78 is 0. The van der Waals surface area contributed by atoms with Gasteiger partial charge in [0.2, 0.25) is 5.72 Å². The van der Waals surface area contributed by atoms with Crippen LogP contribution in [0.3, 0.4) is 0 Å². The summed E-state index contributed by atoms with van der Waals surface area (Å²) in [6, 6.07) is 8.79. The number of nitrogens with zero attached hydrogens (tertiary/aromatic N) is 4. The number of amidine groups is 2. The van der Waals surface area contributed by atoms with Crippen molar-refractivity contribution >= 4 is 11.7 Å². The molecule has 2 atom stereocenters. The number of oxime groups is 2. The standard InChI is InChI=1S/C27H32N4O2/c1-15-9-17(3)23(18(4)10-15)25-28-32-22-14-30(25)31-26(29-33-27(31,8)13-21(22)7)24-19(5)11-16(2)12-20(24)6/h9-13,22H,14H2,1-8H3/t22-,27+/m1/s1. The second kappa shape index (κ2) is 7.37. The predicted octanol–water partition coefficient (Wildman–Crippen LogP) is 5.18. The Balaban J connectivity index is 1.71. The third-order valence-corrected chi connectivity index (χ3v) is 6.83. The van der Waals surface area contributed by atoms with E-state index in [-0.39, 0.29) is 6.10 Å². The highest BCUT2D eigenvalue weighted by atomic mass is 16.7. The molecule has 0 spiro atoms. The van der Waals surface area contributed by atoms with Crippen LogP contribution in [-0.2, 0) is 9.68 Å². The van der Waals surface area contributed by atoms with E-state index in [9.17, 15) is 0 Å². The number of benzene rings is 2. The Morgan fingerprint density at radius 2 is 1.30 bits per heavy atom. The molecule has 0 saturated carbocycles. The van der Waals surface area contributed by atoms with Crippen LogP contribution in [-0.4, -0.2) is 40.1 Å². The normalized spacial score (nSPS) is 23.8. The Morgan fingerprint density at radius 1 is 0.788 bits per heavy atom. The summed E-state index contributed by atoms with van der Waals surface area (Å²) in [5.74, 6) is 1.59. The molecule has 172 valence electrons. The lowest BCUT2D eigenvalue weighted by molar-refractivity contribution is -0.115. The van der Waals surface area contributed by atoms with E-state index in [2.05, 4.69) is 106 Å². The van der Waals surface area contributed by atoms with Gasteiger partial charge >= 0.3 is 0 Å². The van der Waals surface area contributed by atoms with Gasteiger partial charge in [-0.3, -0.25) is 5.01 Å². The molecule has 3 heterocycles. The summed E-state index contributed by atoms with van der Waals surface area (Å²) >= 11 is 0. The van der Waals surface area contributed by atoms with Crippen LogP contribution in [0, 0.1) is 41.5 Å². The maximum absolute atomic E-state index is 6.16. The zero-order valence-corrected chi connectivity index (χ0v) is 20.8. The highest BCUT2D eigenvalue weighted by Gasteiger charge is 2.51. The molecule has 0 amide bonds. The minimum atomic E-state index is -0.779.